The third-order valence-electron chi connectivity index (χ3n) is 3.33. The van der Waals surface area contributed by atoms with E-state index in [0.29, 0.717) is 20.1 Å². The second kappa shape index (κ2) is 7.23. The Labute approximate surface area is 161 Å². The molecule has 0 fully saturated rings. The lowest BCUT2D eigenvalue weighted by molar-refractivity contribution is 0.0599. The van der Waals surface area contributed by atoms with Crippen LogP contribution >= 0.6 is 50.5 Å². The van der Waals surface area contributed by atoms with Crippen LogP contribution in [0.3, 0.4) is 0 Å². The smallest absolute Gasteiger partial charge is 0.339 e. The van der Waals surface area contributed by atoms with Crippen molar-refractivity contribution in [3.05, 3.63) is 61.9 Å². The monoisotopic (exact) mass is 441 g/mol. The van der Waals surface area contributed by atoms with Gasteiger partial charge in [-0.1, -0.05) is 29.3 Å². The van der Waals surface area contributed by atoms with Gasteiger partial charge in [0.1, 0.15) is 5.01 Å². The molecule has 0 saturated carbocycles. The van der Waals surface area contributed by atoms with E-state index in [-0.39, 0.29) is 0 Å². The Kier molecular flexibility index (Phi) is 5.25. The molecule has 24 heavy (non-hydrogen) atoms. The van der Waals surface area contributed by atoms with E-state index in [4.69, 9.17) is 27.9 Å². The number of benzene rings is 2. The van der Waals surface area contributed by atoms with Crippen LogP contribution in [0.2, 0.25) is 10.0 Å². The van der Waals surface area contributed by atoms with Crippen LogP contribution in [0.1, 0.15) is 10.4 Å². The number of carbonyl (C=O) groups is 1. The number of methoxy groups -OCH3 is 1. The number of carbonyl (C=O) groups excluding carboxylic acids is 1. The minimum atomic E-state index is -0.402. The van der Waals surface area contributed by atoms with E-state index in [9.17, 15) is 4.79 Å². The highest BCUT2D eigenvalue weighted by Gasteiger charge is 2.14. The molecule has 7 heteroatoms. The van der Waals surface area contributed by atoms with Gasteiger partial charge in [-0.05, 0) is 46.3 Å². The van der Waals surface area contributed by atoms with Crippen LogP contribution in [0.25, 0.3) is 21.8 Å². The second-order valence-corrected chi connectivity index (χ2v) is 7.40. The van der Waals surface area contributed by atoms with Gasteiger partial charge in [0.05, 0.1) is 23.4 Å². The Morgan fingerprint density at radius 3 is 2.71 bits per heavy atom. The zero-order valence-corrected chi connectivity index (χ0v) is 16.3. The summed E-state index contributed by atoms with van der Waals surface area (Å²) in [7, 11) is 1.35. The maximum Gasteiger partial charge on any atom is 0.339 e. The first-order valence-electron chi connectivity index (χ1n) is 6.79. The van der Waals surface area contributed by atoms with E-state index in [1.807, 2.05) is 17.5 Å². The second-order valence-electron chi connectivity index (χ2n) is 4.85. The van der Waals surface area contributed by atoms with Gasteiger partial charge in [-0.25, -0.2) is 9.78 Å². The lowest BCUT2D eigenvalue weighted by atomic mass is 10.1. The molecule has 1 aromatic heterocycles. The van der Waals surface area contributed by atoms with Crippen molar-refractivity contribution >= 4 is 56.4 Å². The van der Waals surface area contributed by atoms with Crippen molar-refractivity contribution in [1.29, 1.82) is 0 Å². The average Bonchev–Trinajstić information content (AvgIpc) is 3.04. The standard InChI is InChI=1S/C17H10BrCl2NO2S/c1-23-17(22)12-6-9(2-5-13(12)18)16-21-15(8-24-16)11-4-3-10(19)7-14(11)20/h2-8H,1H3. The fourth-order valence-corrected chi connectivity index (χ4v) is 3.88. The first kappa shape index (κ1) is 17.4. The molecule has 0 bridgehead atoms. The highest BCUT2D eigenvalue weighted by Crippen LogP contribution is 2.35. The zero-order chi connectivity index (χ0) is 17.3. The average molecular weight is 443 g/mol. The number of aromatic nitrogens is 1. The van der Waals surface area contributed by atoms with Crippen LogP contribution in [0.4, 0.5) is 0 Å². The third kappa shape index (κ3) is 3.49. The van der Waals surface area contributed by atoms with Crippen LogP contribution in [0, 0.1) is 0 Å². The Hall–Kier alpha value is -1.40. The lowest BCUT2D eigenvalue weighted by Crippen LogP contribution is -2.02. The predicted molar refractivity (Wildman–Crippen MR) is 102 cm³/mol. The molecule has 0 atom stereocenters. The fraction of sp³-hybridized carbons (Fsp3) is 0.0588. The molecule has 0 unspecified atom stereocenters. The van der Waals surface area contributed by atoms with Gasteiger partial charge in [-0.3, -0.25) is 0 Å². The van der Waals surface area contributed by atoms with Crippen LogP contribution in [0.5, 0.6) is 0 Å². The van der Waals surface area contributed by atoms with Crippen LogP contribution in [-0.2, 0) is 4.74 Å². The molecule has 2 aromatic carbocycles. The van der Waals surface area contributed by atoms with Gasteiger partial charge < -0.3 is 4.74 Å². The summed E-state index contributed by atoms with van der Waals surface area (Å²) < 4.78 is 5.47. The van der Waals surface area contributed by atoms with E-state index in [1.54, 1.807) is 24.3 Å². The van der Waals surface area contributed by atoms with E-state index in [2.05, 4.69) is 20.9 Å². The summed E-state index contributed by atoms with van der Waals surface area (Å²) in [4.78, 5) is 16.4. The largest absolute Gasteiger partial charge is 0.465 e. The maximum absolute atomic E-state index is 11.8. The summed E-state index contributed by atoms with van der Waals surface area (Å²) in [6, 6.07) is 10.7. The van der Waals surface area contributed by atoms with E-state index in [0.717, 1.165) is 21.8 Å². The molecule has 122 valence electrons. The summed E-state index contributed by atoms with van der Waals surface area (Å²) in [6.45, 7) is 0. The highest BCUT2D eigenvalue weighted by atomic mass is 79.9. The molecule has 0 saturated heterocycles. The fourth-order valence-electron chi connectivity index (χ4n) is 2.15. The normalized spacial score (nSPS) is 10.7. The topological polar surface area (TPSA) is 39.2 Å². The molecular formula is C17H10BrCl2NO2S. The van der Waals surface area contributed by atoms with Gasteiger partial charge in [0.25, 0.3) is 0 Å². The predicted octanol–water partition coefficient (Wildman–Crippen LogP) is 6.33. The van der Waals surface area contributed by atoms with Gasteiger partial charge in [0.2, 0.25) is 0 Å². The van der Waals surface area contributed by atoms with Crippen molar-refractivity contribution in [3.8, 4) is 21.8 Å². The summed E-state index contributed by atoms with van der Waals surface area (Å²) in [5, 5.41) is 3.83. The molecule has 3 rings (SSSR count). The van der Waals surface area contributed by atoms with Crippen LogP contribution in [-0.4, -0.2) is 18.1 Å². The number of esters is 1. The quantitative estimate of drug-likeness (QED) is 0.444. The molecule has 0 aliphatic rings. The van der Waals surface area contributed by atoms with Crippen molar-refractivity contribution in [3.63, 3.8) is 0 Å². The van der Waals surface area contributed by atoms with Crippen molar-refractivity contribution in [1.82, 2.24) is 4.98 Å². The molecule has 0 N–H and O–H groups in total. The van der Waals surface area contributed by atoms with Crippen LogP contribution in [0.15, 0.2) is 46.3 Å². The lowest BCUT2D eigenvalue weighted by Gasteiger charge is -2.04. The number of halogens is 3. The zero-order valence-electron chi connectivity index (χ0n) is 12.3. The van der Waals surface area contributed by atoms with Crippen molar-refractivity contribution in [2.45, 2.75) is 0 Å². The van der Waals surface area contributed by atoms with E-state index < -0.39 is 5.97 Å². The first-order valence-corrected chi connectivity index (χ1v) is 9.21. The van der Waals surface area contributed by atoms with Crippen LogP contribution < -0.4 is 0 Å². The van der Waals surface area contributed by atoms with Crippen molar-refractivity contribution in [2.24, 2.45) is 0 Å². The van der Waals surface area contributed by atoms with E-state index in [1.165, 1.54) is 18.4 Å². The molecule has 0 amide bonds. The first-order chi connectivity index (χ1) is 11.5. The van der Waals surface area contributed by atoms with Crippen molar-refractivity contribution < 1.29 is 9.53 Å². The molecule has 0 radical (unpaired) electrons. The molecule has 1 heterocycles. The third-order valence-corrected chi connectivity index (χ3v) is 5.46. The summed E-state index contributed by atoms with van der Waals surface area (Å²) in [5.74, 6) is -0.402. The van der Waals surface area contributed by atoms with Gasteiger partial charge >= 0.3 is 5.97 Å². The number of ether oxygens (including phenoxy) is 1. The van der Waals surface area contributed by atoms with Crippen molar-refractivity contribution in [2.75, 3.05) is 7.11 Å². The molecule has 3 nitrogen and oxygen atoms in total. The molecule has 0 aliphatic heterocycles. The Morgan fingerprint density at radius 1 is 1.21 bits per heavy atom. The number of rotatable bonds is 3. The minimum Gasteiger partial charge on any atom is -0.465 e. The number of thiazole rings is 1. The Bertz CT molecular complexity index is 927. The Morgan fingerprint density at radius 2 is 2.00 bits per heavy atom. The Balaban J connectivity index is 2.00. The van der Waals surface area contributed by atoms with Gasteiger partial charge in [0, 0.05) is 26.0 Å². The van der Waals surface area contributed by atoms with Gasteiger partial charge in [0.15, 0.2) is 0 Å². The summed E-state index contributed by atoms with van der Waals surface area (Å²) in [5.41, 5.74) is 2.87. The number of nitrogens with zero attached hydrogens (tertiary/aromatic N) is 1. The summed E-state index contributed by atoms with van der Waals surface area (Å²) in [6.07, 6.45) is 0. The molecule has 3 aromatic rings. The summed E-state index contributed by atoms with van der Waals surface area (Å²) >= 11 is 17.0. The molecule has 0 spiro atoms. The number of hydrogen-bond acceptors (Lipinski definition) is 4. The van der Waals surface area contributed by atoms with Gasteiger partial charge in [-0.2, -0.15) is 0 Å². The minimum absolute atomic E-state index is 0.402. The molecular weight excluding hydrogens is 433 g/mol. The maximum atomic E-state index is 11.8. The highest BCUT2D eigenvalue weighted by molar-refractivity contribution is 9.10. The number of hydrogen-bond donors (Lipinski definition) is 0. The SMILES string of the molecule is COC(=O)c1cc(-c2nc(-c3ccc(Cl)cc3Cl)cs2)ccc1Br. The van der Waals surface area contributed by atoms with Gasteiger partial charge in [-0.15, -0.1) is 11.3 Å². The van der Waals surface area contributed by atoms with E-state index >= 15 is 0 Å². The molecule has 0 aliphatic carbocycles.